The molecule has 0 saturated heterocycles. The summed E-state index contributed by atoms with van der Waals surface area (Å²) in [4.78, 5) is 8.81. The second-order valence-corrected chi connectivity index (χ2v) is 6.28. The molecule has 0 unspecified atom stereocenters. The third kappa shape index (κ3) is 2.92. The highest BCUT2D eigenvalue weighted by atomic mass is 15.2. The van der Waals surface area contributed by atoms with E-state index in [1.54, 1.807) is 6.20 Å². The van der Waals surface area contributed by atoms with Gasteiger partial charge in [-0.15, -0.1) is 0 Å². The first-order valence-corrected chi connectivity index (χ1v) is 8.42. The van der Waals surface area contributed by atoms with Crippen LogP contribution in [0.2, 0.25) is 0 Å². The topological polar surface area (TPSA) is 94.8 Å². The van der Waals surface area contributed by atoms with Crippen molar-refractivity contribution in [2.75, 3.05) is 5.43 Å². The highest BCUT2D eigenvalue weighted by Crippen LogP contribution is 2.25. The summed E-state index contributed by atoms with van der Waals surface area (Å²) in [5.41, 5.74) is 14.7. The van der Waals surface area contributed by atoms with Gasteiger partial charge < -0.3 is 11.2 Å². The first-order chi connectivity index (χ1) is 12.7. The number of nitrogens with zero attached hydrogens (tertiary/aromatic N) is 3. The highest BCUT2D eigenvalue weighted by molar-refractivity contribution is 5.79. The number of anilines is 1. The van der Waals surface area contributed by atoms with E-state index in [-0.39, 0.29) is 6.04 Å². The number of hydrogen-bond donors (Lipinski definition) is 3. The van der Waals surface area contributed by atoms with Crippen molar-refractivity contribution < 1.29 is 0 Å². The van der Waals surface area contributed by atoms with Crippen LogP contribution in [0.1, 0.15) is 18.5 Å². The highest BCUT2D eigenvalue weighted by Gasteiger charge is 2.08. The summed E-state index contributed by atoms with van der Waals surface area (Å²) in [6, 6.07) is 18.3. The molecule has 0 saturated carbocycles. The average molecular weight is 344 g/mol. The minimum Gasteiger partial charge on any atom is -0.324 e. The molecule has 6 heteroatoms. The van der Waals surface area contributed by atoms with Gasteiger partial charge in [-0.2, -0.15) is 0 Å². The molecule has 0 fully saturated rings. The lowest BCUT2D eigenvalue weighted by atomic mass is 10.1. The number of nitrogen functional groups attached to an aromatic ring is 1. The van der Waals surface area contributed by atoms with Crippen LogP contribution in [0, 0.1) is 0 Å². The van der Waals surface area contributed by atoms with Gasteiger partial charge in [0.25, 0.3) is 0 Å². The molecule has 0 amide bonds. The van der Waals surface area contributed by atoms with Crippen LogP contribution in [0.3, 0.4) is 0 Å². The first kappa shape index (κ1) is 16.3. The van der Waals surface area contributed by atoms with Crippen LogP contribution in [0.5, 0.6) is 0 Å². The second kappa shape index (κ2) is 6.59. The van der Waals surface area contributed by atoms with Crippen molar-refractivity contribution >= 4 is 16.9 Å². The predicted octanol–water partition coefficient (Wildman–Crippen LogP) is 3.39. The summed E-state index contributed by atoms with van der Waals surface area (Å²) in [6.45, 7) is 1.97. The molecule has 1 atom stereocenters. The number of fused-ring (bicyclic) bond motifs is 1. The molecular weight excluding hydrogens is 324 g/mol. The molecule has 4 rings (SSSR count). The van der Waals surface area contributed by atoms with Gasteiger partial charge in [-0.05, 0) is 54.4 Å². The Morgan fingerprint density at radius 2 is 1.88 bits per heavy atom. The monoisotopic (exact) mass is 344 g/mol. The van der Waals surface area contributed by atoms with Gasteiger partial charge in [-0.1, -0.05) is 18.2 Å². The summed E-state index contributed by atoms with van der Waals surface area (Å²) in [7, 11) is 0. The molecule has 5 N–H and O–H groups in total. The van der Waals surface area contributed by atoms with E-state index < -0.39 is 0 Å². The quantitative estimate of drug-likeness (QED) is 0.390. The normalized spacial score (nSPS) is 12.3. The summed E-state index contributed by atoms with van der Waals surface area (Å²) in [6.07, 6.45) is 3.64. The molecule has 4 aromatic rings. The Morgan fingerprint density at radius 1 is 1.00 bits per heavy atom. The van der Waals surface area contributed by atoms with E-state index in [4.69, 9.17) is 11.6 Å². The van der Waals surface area contributed by atoms with E-state index in [0.29, 0.717) is 5.82 Å². The Bertz CT molecular complexity index is 1050. The van der Waals surface area contributed by atoms with E-state index in [2.05, 4.69) is 50.3 Å². The molecular formula is C20H20N6. The van der Waals surface area contributed by atoms with Crippen molar-refractivity contribution in [3.05, 3.63) is 72.7 Å². The number of imidazole rings is 1. The Labute approximate surface area is 151 Å². The molecule has 0 spiro atoms. The minimum atomic E-state index is -0.00800. The van der Waals surface area contributed by atoms with Gasteiger partial charge in [0.15, 0.2) is 0 Å². The number of hydrazine groups is 1. The van der Waals surface area contributed by atoms with E-state index >= 15 is 0 Å². The second-order valence-electron chi connectivity index (χ2n) is 6.28. The van der Waals surface area contributed by atoms with E-state index in [9.17, 15) is 0 Å². The molecule has 0 aliphatic carbocycles. The molecule has 2 heterocycles. The number of rotatable bonds is 4. The smallest absolute Gasteiger partial charge is 0.139 e. The third-order valence-electron chi connectivity index (χ3n) is 4.47. The zero-order valence-corrected chi connectivity index (χ0v) is 14.4. The van der Waals surface area contributed by atoms with E-state index in [1.165, 1.54) is 0 Å². The first-order valence-electron chi connectivity index (χ1n) is 8.42. The Hall–Kier alpha value is -3.22. The van der Waals surface area contributed by atoms with Crippen LogP contribution < -0.4 is 17.0 Å². The number of pyridine rings is 1. The molecule has 0 aliphatic heterocycles. The van der Waals surface area contributed by atoms with Crippen LogP contribution in [0.25, 0.3) is 27.8 Å². The van der Waals surface area contributed by atoms with Crippen molar-refractivity contribution in [1.82, 2.24) is 14.5 Å². The molecule has 0 radical (unpaired) electrons. The SMILES string of the molecule is C[C@@H](N)c1ccc2c(c1)ncn2-c1cccc(-c2ccc(NN)nc2)c1. The number of hydrogen-bond acceptors (Lipinski definition) is 5. The van der Waals surface area contributed by atoms with Crippen molar-refractivity contribution in [2.45, 2.75) is 13.0 Å². The minimum absolute atomic E-state index is 0.00800. The zero-order valence-electron chi connectivity index (χ0n) is 14.4. The number of benzene rings is 2. The molecule has 0 bridgehead atoms. The van der Waals surface area contributed by atoms with Crippen molar-refractivity contribution in [3.8, 4) is 16.8 Å². The molecule has 26 heavy (non-hydrogen) atoms. The molecule has 6 nitrogen and oxygen atoms in total. The van der Waals surface area contributed by atoms with Crippen molar-refractivity contribution in [1.29, 1.82) is 0 Å². The fourth-order valence-electron chi connectivity index (χ4n) is 3.00. The summed E-state index contributed by atoms with van der Waals surface area (Å²) >= 11 is 0. The van der Waals surface area contributed by atoms with E-state index in [0.717, 1.165) is 33.4 Å². The van der Waals surface area contributed by atoms with Crippen LogP contribution in [0.4, 0.5) is 5.82 Å². The van der Waals surface area contributed by atoms with Crippen molar-refractivity contribution in [2.24, 2.45) is 11.6 Å². The number of aromatic nitrogens is 3. The zero-order chi connectivity index (χ0) is 18.1. The lowest BCUT2D eigenvalue weighted by Crippen LogP contribution is -2.07. The van der Waals surface area contributed by atoms with Gasteiger partial charge in [0.2, 0.25) is 0 Å². The maximum Gasteiger partial charge on any atom is 0.139 e. The van der Waals surface area contributed by atoms with Crippen molar-refractivity contribution in [3.63, 3.8) is 0 Å². The predicted molar refractivity (Wildman–Crippen MR) is 105 cm³/mol. The number of nitrogens with one attached hydrogen (secondary N) is 1. The summed E-state index contributed by atoms with van der Waals surface area (Å²) in [5, 5.41) is 0. The average Bonchev–Trinajstić information content (AvgIpc) is 3.11. The van der Waals surface area contributed by atoms with Gasteiger partial charge in [-0.25, -0.2) is 15.8 Å². The standard InChI is InChI=1S/C20H20N6/c1-13(21)14-5-7-19-18(10-14)24-12-26(19)17-4-2-3-15(9-17)16-6-8-20(25-22)23-11-16/h2-13H,21-22H2,1H3,(H,23,25)/t13-/m1/s1. The van der Waals surface area contributed by atoms with Gasteiger partial charge in [0.1, 0.15) is 12.1 Å². The molecule has 130 valence electrons. The fraction of sp³-hybridized carbons (Fsp3) is 0.100. The Kier molecular flexibility index (Phi) is 4.12. The number of nitrogens with two attached hydrogens (primary N) is 2. The lowest BCUT2D eigenvalue weighted by Gasteiger charge is -2.09. The Balaban J connectivity index is 1.75. The summed E-state index contributed by atoms with van der Waals surface area (Å²) < 4.78 is 2.08. The van der Waals surface area contributed by atoms with Gasteiger partial charge in [0, 0.05) is 23.5 Å². The third-order valence-corrected chi connectivity index (χ3v) is 4.47. The molecule has 0 aliphatic rings. The van der Waals surface area contributed by atoms with Crippen LogP contribution >= 0.6 is 0 Å². The van der Waals surface area contributed by atoms with Gasteiger partial charge in [-0.3, -0.25) is 4.57 Å². The lowest BCUT2D eigenvalue weighted by molar-refractivity contribution is 0.819. The van der Waals surface area contributed by atoms with E-state index in [1.807, 2.05) is 37.5 Å². The largest absolute Gasteiger partial charge is 0.324 e. The van der Waals surface area contributed by atoms with Gasteiger partial charge in [0.05, 0.1) is 11.0 Å². The maximum absolute atomic E-state index is 5.97. The molecule has 2 aromatic heterocycles. The fourth-order valence-corrected chi connectivity index (χ4v) is 3.00. The Morgan fingerprint density at radius 3 is 2.62 bits per heavy atom. The van der Waals surface area contributed by atoms with Crippen LogP contribution in [0.15, 0.2) is 67.1 Å². The van der Waals surface area contributed by atoms with Crippen LogP contribution in [-0.2, 0) is 0 Å². The summed E-state index contributed by atoms with van der Waals surface area (Å²) in [5.74, 6) is 6.01. The van der Waals surface area contributed by atoms with Crippen LogP contribution in [-0.4, -0.2) is 14.5 Å². The maximum atomic E-state index is 5.97. The molecule has 2 aromatic carbocycles. The van der Waals surface area contributed by atoms with Gasteiger partial charge >= 0.3 is 0 Å².